The summed E-state index contributed by atoms with van der Waals surface area (Å²) < 4.78 is 46.1. The van der Waals surface area contributed by atoms with Gasteiger partial charge in [-0.3, -0.25) is 0 Å². The summed E-state index contributed by atoms with van der Waals surface area (Å²) in [7, 11) is -1.68. The molecule has 0 aliphatic rings. The van der Waals surface area contributed by atoms with E-state index in [9.17, 15) is 23.3 Å². The normalized spacial score (nSPS) is 13.2. The Morgan fingerprint density at radius 1 is 1.05 bits per heavy atom. The Morgan fingerprint density at radius 3 is 2.05 bits per heavy atom. The van der Waals surface area contributed by atoms with Crippen molar-refractivity contribution < 1.29 is 32.7 Å². The molecule has 0 saturated carbocycles. The quantitative estimate of drug-likeness (QED) is 0.815. The topological polar surface area (TPSA) is 58.9 Å². The van der Waals surface area contributed by atoms with Crippen molar-refractivity contribution in [2.45, 2.75) is 45.3 Å². The van der Waals surface area contributed by atoms with Gasteiger partial charge in [0.2, 0.25) is 0 Å². The van der Waals surface area contributed by atoms with Crippen molar-refractivity contribution in [3.05, 3.63) is 24.3 Å². The zero-order valence-electron chi connectivity index (χ0n) is 12.2. The van der Waals surface area contributed by atoms with Crippen LogP contribution in [0, 0.1) is 0 Å². The van der Waals surface area contributed by atoms with E-state index in [0.29, 0.717) is 0 Å². The summed E-state index contributed by atoms with van der Waals surface area (Å²) >= 11 is 0. The van der Waals surface area contributed by atoms with Gasteiger partial charge >= 0.3 is 13.5 Å². The second-order valence-electron chi connectivity index (χ2n) is 5.63. The molecule has 0 radical (unpaired) electrons. The Labute approximate surface area is 121 Å². The first-order valence-electron chi connectivity index (χ1n) is 6.26. The summed E-state index contributed by atoms with van der Waals surface area (Å²) in [4.78, 5) is 0. The number of halogens is 3. The summed E-state index contributed by atoms with van der Waals surface area (Å²) in [6.45, 7) is 5.97. The molecule has 1 rings (SSSR count). The van der Waals surface area contributed by atoms with Crippen LogP contribution in [0.3, 0.4) is 0 Å². The molecule has 0 aliphatic carbocycles. The van der Waals surface area contributed by atoms with Gasteiger partial charge in [0.1, 0.15) is 5.75 Å². The minimum absolute atomic E-state index is 0.174. The van der Waals surface area contributed by atoms with Crippen LogP contribution in [-0.2, 0) is 4.65 Å². The molecule has 0 atom stereocenters. The van der Waals surface area contributed by atoms with Gasteiger partial charge in [-0.15, -0.1) is 13.2 Å². The first kappa shape index (κ1) is 17.8. The van der Waals surface area contributed by atoms with E-state index in [-0.39, 0.29) is 5.46 Å². The maximum absolute atomic E-state index is 12.3. The Morgan fingerprint density at radius 2 is 1.57 bits per heavy atom. The molecule has 0 aromatic heterocycles. The summed E-state index contributed by atoms with van der Waals surface area (Å²) in [5.41, 5.74) is -2.68. The highest BCUT2D eigenvalue weighted by Crippen LogP contribution is 2.27. The van der Waals surface area contributed by atoms with Crippen molar-refractivity contribution in [3.8, 4) is 5.75 Å². The van der Waals surface area contributed by atoms with Crippen molar-refractivity contribution in [2.24, 2.45) is 0 Å². The van der Waals surface area contributed by atoms with Gasteiger partial charge in [0.15, 0.2) is 0 Å². The molecule has 4 nitrogen and oxygen atoms in total. The van der Waals surface area contributed by atoms with Gasteiger partial charge in [-0.05, 0) is 33.8 Å². The van der Waals surface area contributed by atoms with Crippen LogP contribution in [-0.4, -0.2) is 34.8 Å². The zero-order valence-corrected chi connectivity index (χ0v) is 12.2. The number of alkyl halides is 3. The van der Waals surface area contributed by atoms with Crippen molar-refractivity contribution in [2.75, 3.05) is 0 Å². The minimum Gasteiger partial charge on any atom is -0.423 e. The van der Waals surface area contributed by atoms with Gasteiger partial charge in [0, 0.05) is 5.46 Å². The molecule has 0 saturated heterocycles. The van der Waals surface area contributed by atoms with Crippen LogP contribution in [0.15, 0.2) is 24.3 Å². The van der Waals surface area contributed by atoms with E-state index < -0.39 is 30.4 Å². The maximum Gasteiger partial charge on any atom is 0.573 e. The predicted molar refractivity (Wildman–Crippen MR) is 72.2 cm³/mol. The number of ether oxygens (including phenoxy) is 1. The zero-order chi connectivity index (χ0) is 16.5. The lowest BCUT2D eigenvalue weighted by Crippen LogP contribution is -2.53. The maximum atomic E-state index is 12.3. The highest BCUT2D eigenvalue weighted by Gasteiger charge is 2.41. The molecule has 0 heterocycles. The second-order valence-corrected chi connectivity index (χ2v) is 5.63. The van der Waals surface area contributed by atoms with Gasteiger partial charge in [-0.1, -0.05) is 18.2 Å². The largest absolute Gasteiger partial charge is 0.573 e. The molecule has 21 heavy (non-hydrogen) atoms. The third kappa shape index (κ3) is 4.91. The number of hydrogen-bond donors (Lipinski definition) is 2. The summed E-state index contributed by atoms with van der Waals surface area (Å²) in [6.07, 6.45) is -4.87. The lowest BCUT2D eigenvalue weighted by molar-refractivity contribution is -0.274. The summed E-state index contributed by atoms with van der Waals surface area (Å²) in [6, 6.07) is 5.12. The third-order valence-corrected chi connectivity index (χ3v) is 3.29. The van der Waals surface area contributed by atoms with E-state index in [1.807, 2.05) is 0 Å². The lowest BCUT2D eigenvalue weighted by atomic mass is 9.76. The van der Waals surface area contributed by atoms with Gasteiger partial charge < -0.3 is 19.5 Å². The van der Waals surface area contributed by atoms with E-state index in [1.54, 1.807) is 0 Å². The van der Waals surface area contributed by atoms with Crippen LogP contribution >= 0.6 is 0 Å². The average molecular weight is 306 g/mol. The molecule has 0 bridgehead atoms. The van der Waals surface area contributed by atoms with Crippen LogP contribution in [0.25, 0.3) is 0 Å². The highest BCUT2D eigenvalue weighted by molar-refractivity contribution is 6.61. The van der Waals surface area contributed by atoms with Crippen molar-refractivity contribution in [3.63, 3.8) is 0 Å². The summed E-state index contributed by atoms with van der Waals surface area (Å²) in [5, 5.41) is 20.0. The number of para-hydroxylation sites is 1. The molecule has 2 N–H and O–H groups in total. The first-order valence-corrected chi connectivity index (χ1v) is 6.26. The van der Waals surface area contributed by atoms with Crippen LogP contribution in [0.5, 0.6) is 5.75 Å². The lowest BCUT2D eigenvalue weighted by Gasteiger charge is -2.38. The molecule has 0 spiro atoms. The van der Waals surface area contributed by atoms with E-state index >= 15 is 0 Å². The Balaban J connectivity index is 3.01. The minimum atomic E-state index is -4.87. The SMILES string of the molecule is CC(C)(O)C(C)(C)OB(O)c1ccccc1OC(F)(F)F. The molecule has 118 valence electrons. The number of hydrogen-bond acceptors (Lipinski definition) is 4. The van der Waals surface area contributed by atoms with Gasteiger partial charge in [0.25, 0.3) is 0 Å². The van der Waals surface area contributed by atoms with Crippen LogP contribution < -0.4 is 10.2 Å². The highest BCUT2D eigenvalue weighted by atomic mass is 19.4. The van der Waals surface area contributed by atoms with Crippen LogP contribution in [0.2, 0.25) is 0 Å². The molecule has 0 fully saturated rings. The second kappa shape index (κ2) is 5.86. The first-order chi connectivity index (χ1) is 9.33. The number of rotatable bonds is 5. The number of aliphatic hydroxyl groups is 1. The molecule has 0 unspecified atom stereocenters. The van der Waals surface area contributed by atoms with E-state index in [1.165, 1.54) is 45.9 Å². The molecule has 0 aliphatic heterocycles. The molecule has 1 aromatic carbocycles. The van der Waals surface area contributed by atoms with Crippen molar-refractivity contribution in [1.82, 2.24) is 0 Å². The van der Waals surface area contributed by atoms with Crippen molar-refractivity contribution in [1.29, 1.82) is 0 Å². The standard InChI is InChI=1S/C13H18BF3O4/c1-11(2,18)12(3,4)21-14(19)9-7-5-6-8-10(9)20-13(15,16)17/h5-8,18-19H,1-4H3. The average Bonchev–Trinajstić information content (AvgIpc) is 2.25. The molecule has 8 heteroatoms. The summed E-state index contributed by atoms with van der Waals surface area (Å²) in [5.74, 6) is -0.552. The van der Waals surface area contributed by atoms with E-state index in [4.69, 9.17) is 4.65 Å². The van der Waals surface area contributed by atoms with Gasteiger partial charge in [-0.2, -0.15) is 0 Å². The molecule has 1 aromatic rings. The van der Waals surface area contributed by atoms with Crippen LogP contribution in [0.1, 0.15) is 27.7 Å². The fourth-order valence-corrected chi connectivity index (χ4v) is 1.39. The Hall–Kier alpha value is -1.25. The number of benzene rings is 1. The Kier molecular flexibility index (Phi) is 4.97. The molecular formula is C13H18BF3O4. The fourth-order valence-electron chi connectivity index (χ4n) is 1.39. The predicted octanol–water partition coefficient (Wildman–Crippen LogP) is 1.84. The third-order valence-electron chi connectivity index (χ3n) is 3.29. The monoisotopic (exact) mass is 306 g/mol. The van der Waals surface area contributed by atoms with Crippen molar-refractivity contribution >= 4 is 12.6 Å². The fraction of sp³-hybridized carbons (Fsp3) is 0.538. The molecular weight excluding hydrogens is 288 g/mol. The Bertz CT molecular complexity index is 483. The van der Waals surface area contributed by atoms with Gasteiger partial charge in [0.05, 0.1) is 11.2 Å². The molecule has 0 amide bonds. The van der Waals surface area contributed by atoms with Gasteiger partial charge in [-0.25, -0.2) is 0 Å². The van der Waals surface area contributed by atoms with E-state index in [0.717, 1.165) is 6.07 Å². The van der Waals surface area contributed by atoms with Crippen LogP contribution in [0.4, 0.5) is 13.2 Å². The van der Waals surface area contributed by atoms with E-state index in [2.05, 4.69) is 4.74 Å². The smallest absolute Gasteiger partial charge is 0.423 e.